The third-order valence-corrected chi connectivity index (χ3v) is 6.51. The van der Waals surface area contributed by atoms with E-state index in [1.54, 1.807) is 0 Å². The molecule has 3 aliphatic heterocycles. The van der Waals surface area contributed by atoms with Crippen molar-refractivity contribution in [3.05, 3.63) is 11.3 Å². The summed E-state index contributed by atoms with van der Waals surface area (Å²) in [5, 5.41) is 0. The molecule has 0 aromatic carbocycles. The molecule has 2 atom stereocenters. The van der Waals surface area contributed by atoms with Gasteiger partial charge in [0.15, 0.2) is 9.84 Å². The zero-order chi connectivity index (χ0) is 14.5. The fraction of sp³-hybridized carbons (Fsp3) is 0.786. The molecule has 20 heavy (non-hydrogen) atoms. The van der Waals surface area contributed by atoms with E-state index in [0.29, 0.717) is 30.6 Å². The van der Waals surface area contributed by atoms with Crippen LogP contribution in [0.1, 0.15) is 27.2 Å². The van der Waals surface area contributed by atoms with Crippen molar-refractivity contribution in [2.75, 3.05) is 31.1 Å². The van der Waals surface area contributed by atoms with Gasteiger partial charge in [0.05, 0.1) is 17.5 Å². The Kier molecular flexibility index (Phi) is 3.41. The maximum absolute atomic E-state index is 11.5. The standard InChI is InChI=1S/C14H23N3O2S/c1-10-11(2)15-12(3)17-9-13(8-14(10)17)16-4-6-20(18,19)7-5-16/h11,13H,4-9H2,1-3H3. The second kappa shape index (κ2) is 4.84. The van der Waals surface area contributed by atoms with Crippen LogP contribution in [-0.2, 0) is 9.84 Å². The summed E-state index contributed by atoms with van der Waals surface area (Å²) in [5.41, 5.74) is 2.77. The van der Waals surface area contributed by atoms with Crippen LogP contribution in [0.15, 0.2) is 16.3 Å². The molecule has 2 fully saturated rings. The lowest BCUT2D eigenvalue weighted by Gasteiger charge is -2.32. The van der Waals surface area contributed by atoms with Crippen molar-refractivity contribution in [1.82, 2.24) is 9.80 Å². The van der Waals surface area contributed by atoms with E-state index in [0.717, 1.165) is 18.8 Å². The minimum atomic E-state index is -2.79. The third-order valence-electron chi connectivity index (χ3n) is 4.90. The fourth-order valence-corrected chi connectivity index (χ4v) is 4.67. The van der Waals surface area contributed by atoms with E-state index in [9.17, 15) is 8.42 Å². The van der Waals surface area contributed by atoms with Crippen LogP contribution < -0.4 is 0 Å². The third kappa shape index (κ3) is 2.39. The lowest BCUT2D eigenvalue weighted by atomic mass is 10.0. The van der Waals surface area contributed by atoms with Crippen molar-refractivity contribution in [2.24, 2.45) is 4.99 Å². The van der Waals surface area contributed by atoms with Gasteiger partial charge in [-0.05, 0) is 26.3 Å². The van der Waals surface area contributed by atoms with Crippen LogP contribution in [-0.4, -0.2) is 67.3 Å². The molecular weight excluding hydrogens is 274 g/mol. The Morgan fingerprint density at radius 1 is 1.20 bits per heavy atom. The van der Waals surface area contributed by atoms with Gasteiger partial charge in [0.2, 0.25) is 0 Å². The number of sulfone groups is 1. The Morgan fingerprint density at radius 3 is 2.50 bits per heavy atom. The van der Waals surface area contributed by atoms with E-state index in [-0.39, 0.29) is 6.04 Å². The van der Waals surface area contributed by atoms with Gasteiger partial charge >= 0.3 is 0 Å². The molecule has 0 aromatic rings. The van der Waals surface area contributed by atoms with E-state index < -0.39 is 9.84 Å². The molecule has 3 rings (SSSR count). The quantitative estimate of drug-likeness (QED) is 0.721. The summed E-state index contributed by atoms with van der Waals surface area (Å²) in [6.07, 6.45) is 1.03. The number of hydrogen-bond acceptors (Lipinski definition) is 5. The molecule has 0 spiro atoms. The van der Waals surface area contributed by atoms with Crippen LogP contribution in [0, 0.1) is 0 Å². The number of hydrogen-bond donors (Lipinski definition) is 0. The molecule has 3 aliphatic rings. The van der Waals surface area contributed by atoms with Crippen molar-refractivity contribution in [3.8, 4) is 0 Å². The van der Waals surface area contributed by atoms with E-state index in [2.05, 4.69) is 35.6 Å². The van der Waals surface area contributed by atoms with Crippen LogP contribution in [0.25, 0.3) is 0 Å². The monoisotopic (exact) mass is 297 g/mol. The van der Waals surface area contributed by atoms with Gasteiger partial charge in [0, 0.05) is 37.8 Å². The fourth-order valence-electron chi connectivity index (χ4n) is 3.44. The van der Waals surface area contributed by atoms with Gasteiger partial charge in [-0.15, -0.1) is 0 Å². The van der Waals surface area contributed by atoms with E-state index in [4.69, 9.17) is 0 Å². The van der Waals surface area contributed by atoms with Gasteiger partial charge in [0.25, 0.3) is 0 Å². The van der Waals surface area contributed by atoms with Gasteiger partial charge in [-0.1, -0.05) is 0 Å². The van der Waals surface area contributed by atoms with E-state index in [1.165, 1.54) is 11.3 Å². The number of rotatable bonds is 1. The molecule has 0 N–H and O–H groups in total. The molecule has 3 heterocycles. The second-order valence-electron chi connectivity index (χ2n) is 6.14. The average Bonchev–Trinajstić information content (AvgIpc) is 2.82. The van der Waals surface area contributed by atoms with Crippen LogP contribution in [0.4, 0.5) is 0 Å². The number of amidine groups is 1. The predicted molar refractivity (Wildman–Crippen MR) is 80.6 cm³/mol. The van der Waals surface area contributed by atoms with Crippen molar-refractivity contribution in [3.63, 3.8) is 0 Å². The molecule has 0 aromatic heterocycles. The molecule has 5 nitrogen and oxygen atoms in total. The summed E-state index contributed by atoms with van der Waals surface area (Å²) in [6.45, 7) is 8.70. The highest BCUT2D eigenvalue weighted by Gasteiger charge is 2.37. The first-order chi connectivity index (χ1) is 9.37. The molecule has 0 radical (unpaired) electrons. The van der Waals surface area contributed by atoms with Crippen LogP contribution in [0.3, 0.4) is 0 Å². The number of fused-ring (bicyclic) bond motifs is 1. The minimum absolute atomic E-state index is 0.279. The molecule has 112 valence electrons. The lowest BCUT2D eigenvalue weighted by Crippen LogP contribution is -2.47. The second-order valence-corrected chi connectivity index (χ2v) is 8.44. The molecular formula is C14H23N3O2S. The van der Waals surface area contributed by atoms with Gasteiger partial charge in [-0.25, -0.2) is 8.42 Å². The van der Waals surface area contributed by atoms with Crippen LogP contribution in [0.5, 0.6) is 0 Å². The minimum Gasteiger partial charge on any atom is -0.332 e. The first-order valence-corrected chi connectivity index (χ1v) is 9.15. The number of aliphatic imine (C=N–C) groups is 1. The summed E-state index contributed by atoms with van der Waals surface area (Å²) >= 11 is 0. The van der Waals surface area contributed by atoms with Crippen molar-refractivity contribution >= 4 is 15.7 Å². The summed E-state index contributed by atoms with van der Waals surface area (Å²) in [6, 6.07) is 0.715. The topological polar surface area (TPSA) is 53.0 Å². The van der Waals surface area contributed by atoms with Crippen molar-refractivity contribution in [2.45, 2.75) is 39.3 Å². The van der Waals surface area contributed by atoms with Crippen LogP contribution in [0.2, 0.25) is 0 Å². The largest absolute Gasteiger partial charge is 0.332 e. The first-order valence-electron chi connectivity index (χ1n) is 7.33. The van der Waals surface area contributed by atoms with E-state index in [1.807, 2.05) is 0 Å². The maximum atomic E-state index is 11.5. The van der Waals surface area contributed by atoms with Crippen molar-refractivity contribution in [1.29, 1.82) is 0 Å². The van der Waals surface area contributed by atoms with Gasteiger partial charge in [-0.3, -0.25) is 9.89 Å². The summed E-state index contributed by atoms with van der Waals surface area (Å²) in [5.74, 6) is 1.72. The average molecular weight is 297 g/mol. The zero-order valence-electron chi connectivity index (χ0n) is 12.5. The van der Waals surface area contributed by atoms with Crippen LogP contribution >= 0.6 is 0 Å². The summed E-state index contributed by atoms with van der Waals surface area (Å²) < 4.78 is 23.1. The Morgan fingerprint density at radius 2 is 1.85 bits per heavy atom. The maximum Gasteiger partial charge on any atom is 0.152 e. The molecule has 2 saturated heterocycles. The highest BCUT2D eigenvalue weighted by atomic mass is 32.2. The molecule has 6 heteroatoms. The SMILES string of the molecule is CC1=NC(C)C(C)=C2CC(N3CCS(=O)(=O)CC3)CN12. The Hall–Kier alpha value is -0.880. The first kappa shape index (κ1) is 14.1. The molecule has 0 saturated carbocycles. The highest BCUT2D eigenvalue weighted by Crippen LogP contribution is 2.33. The summed E-state index contributed by atoms with van der Waals surface area (Å²) in [7, 11) is -2.79. The zero-order valence-corrected chi connectivity index (χ0v) is 13.3. The Balaban J connectivity index is 1.75. The van der Waals surface area contributed by atoms with Gasteiger partial charge in [0.1, 0.15) is 5.84 Å². The Bertz CT molecular complexity index is 565. The Labute approximate surface area is 121 Å². The normalized spacial score (nSPS) is 34.1. The van der Waals surface area contributed by atoms with Crippen molar-refractivity contribution < 1.29 is 8.42 Å². The van der Waals surface area contributed by atoms with E-state index >= 15 is 0 Å². The molecule has 2 unspecified atom stereocenters. The summed E-state index contributed by atoms with van der Waals surface area (Å²) in [4.78, 5) is 9.35. The molecule has 0 bridgehead atoms. The molecule has 0 aliphatic carbocycles. The smallest absolute Gasteiger partial charge is 0.152 e. The lowest BCUT2D eigenvalue weighted by molar-refractivity contribution is 0.219. The number of nitrogens with zero attached hydrogens (tertiary/aromatic N) is 3. The highest BCUT2D eigenvalue weighted by molar-refractivity contribution is 7.91. The molecule has 0 amide bonds. The predicted octanol–water partition coefficient (Wildman–Crippen LogP) is 0.886. The van der Waals surface area contributed by atoms with Gasteiger partial charge < -0.3 is 4.90 Å². The van der Waals surface area contributed by atoms with Gasteiger partial charge in [-0.2, -0.15) is 0 Å².